The van der Waals surface area contributed by atoms with E-state index in [-0.39, 0.29) is 6.03 Å². The number of rotatable bonds is 9. The van der Waals surface area contributed by atoms with E-state index in [0.29, 0.717) is 58.9 Å². The van der Waals surface area contributed by atoms with Crippen molar-refractivity contribution in [3.8, 4) is 28.6 Å². The quantitative estimate of drug-likeness (QED) is 0.491. The molecule has 0 spiro atoms. The molecule has 1 aliphatic heterocycles. The van der Waals surface area contributed by atoms with Crippen molar-refractivity contribution < 1.29 is 28.3 Å². The van der Waals surface area contributed by atoms with Crippen LogP contribution in [-0.2, 0) is 4.74 Å². The van der Waals surface area contributed by atoms with Gasteiger partial charge in [-0.05, 0) is 42.8 Å². The van der Waals surface area contributed by atoms with Gasteiger partial charge in [-0.1, -0.05) is 17.3 Å². The maximum Gasteiger partial charge on any atom is 0.322 e. The number of methoxy groups -OCH3 is 4. The molecule has 10 heteroatoms. The van der Waals surface area contributed by atoms with E-state index in [9.17, 15) is 4.79 Å². The van der Waals surface area contributed by atoms with Gasteiger partial charge in [0, 0.05) is 18.4 Å². The van der Waals surface area contributed by atoms with Gasteiger partial charge in [-0.25, -0.2) is 4.79 Å². The van der Waals surface area contributed by atoms with E-state index in [1.54, 1.807) is 45.5 Å². The molecule has 1 N–H and O–H groups in total. The fraction of sp³-hybridized carbons (Fsp3) is 0.320. The molecule has 2 amide bonds. The van der Waals surface area contributed by atoms with E-state index in [2.05, 4.69) is 15.5 Å². The van der Waals surface area contributed by atoms with Gasteiger partial charge in [0.25, 0.3) is 5.89 Å². The first-order valence-corrected chi connectivity index (χ1v) is 11.0. The molecule has 2 heterocycles. The number of nitrogens with zero attached hydrogens (tertiary/aromatic N) is 3. The molecule has 0 radical (unpaired) electrons. The van der Waals surface area contributed by atoms with Gasteiger partial charge in [-0.3, -0.25) is 4.90 Å². The highest BCUT2D eigenvalue weighted by molar-refractivity contribution is 5.87. The molecule has 10 nitrogen and oxygen atoms in total. The molecule has 4 rings (SSSR count). The number of allylic oxidation sites excluding steroid dienone is 1. The fourth-order valence-corrected chi connectivity index (χ4v) is 4.01. The second-order valence-corrected chi connectivity index (χ2v) is 7.80. The Balaban J connectivity index is 1.79. The van der Waals surface area contributed by atoms with E-state index in [1.165, 1.54) is 0 Å². The predicted octanol–water partition coefficient (Wildman–Crippen LogP) is 3.91. The Morgan fingerprint density at radius 2 is 1.83 bits per heavy atom. The number of ether oxygens (including phenoxy) is 4. The molecule has 0 saturated carbocycles. The Kier molecular flexibility index (Phi) is 7.21. The molecule has 1 atom stereocenters. The number of nitrogens with one attached hydrogen (secondary N) is 1. The molecule has 0 aliphatic carbocycles. The number of aromatic nitrogens is 2. The van der Waals surface area contributed by atoms with Crippen LogP contribution in [0.2, 0.25) is 0 Å². The van der Waals surface area contributed by atoms with Gasteiger partial charge in [0.05, 0.1) is 46.1 Å². The summed E-state index contributed by atoms with van der Waals surface area (Å²) >= 11 is 0. The van der Waals surface area contributed by atoms with Crippen LogP contribution in [0.3, 0.4) is 0 Å². The number of benzene rings is 2. The molecule has 0 saturated heterocycles. The van der Waals surface area contributed by atoms with Crippen LogP contribution in [0.5, 0.6) is 17.2 Å². The Morgan fingerprint density at radius 1 is 1.03 bits per heavy atom. The van der Waals surface area contributed by atoms with Crippen molar-refractivity contribution in [2.45, 2.75) is 13.0 Å². The zero-order chi connectivity index (χ0) is 24.9. The van der Waals surface area contributed by atoms with Crippen LogP contribution in [0, 0.1) is 0 Å². The summed E-state index contributed by atoms with van der Waals surface area (Å²) < 4.78 is 27.0. The second-order valence-electron chi connectivity index (χ2n) is 7.80. The van der Waals surface area contributed by atoms with Crippen LogP contribution >= 0.6 is 0 Å². The normalized spacial score (nSPS) is 15.7. The number of hydrogen-bond donors (Lipinski definition) is 1. The summed E-state index contributed by atoms with van der Waals surface area (Å²) in [7, 11) is 6.33. The highest BCUT2D eigenvalue weighted by atomic mass is 16.5. The van der Waals surface area contributed by atoms with Gasteiger partial charge in [0.1, 0.15) is 5.75 Å². The molecule has 184 valence electrons. The van der Waals surface area contributed by atoms with Crippen molar-refractivity contribution in [1.82, 2.24) is 20.4 Å². The topological polar surface area (TPSA) is 108 Å². The molecular formula is C25H28N4O6. The Bertz CT molecular complexity index is 1240. The highest BCUT2D eigenvalue weighted by Gasteiger charge is 2.35. The second kappa shape index (κ2) is 10.5. The average Bonchev–Trinajstić information content (AvgIpc) is 3.37. The van der Waals surface area contributed by atoms with E-state index < -0.39 is 6.04 Å². The Labute approximate surface area is 203 Å². The van der Waals surface area contributed by atoms with Crippen LogP contribution in [0.4, 0.5) is 4.79 Å². The maximum absolute atomic E-state index is 13.0. The lowest BCUT2D eigenvalue weighted by molar-refractivity contribution is 0.158. The van der Waals surface area contributed by atoms with E-state index >= 15 is 0 Å². The maximum atomic E-state index is 13.0. The van der Waals surface area contributed by atoms with Crippen molar-refractivity contribution in [3.05, 3.63) is 59.6 Å². The Hall–Kier alpha value is -4.05. The van der Waals surface area contributed by atoms with Gasteiger partial charge in [-0.2, -0.15) is 4.98 Å². The Morgan fingerprint density at radius 3 is 2.54 bits per heavy atom. The van der Waals surface area contributed by atoms with Gasteiger partial charge in [0.15, 0.2) is 11.5 Å². The molecule has 0 bridgehead atoms. The van der Waals surface area contributed by atoms with Crippen molar-refractivity contribution in [2.24, 2.45) is 0 Å². The SMILES string of the molecule is COCCN1C(=O)NC(c2cccc(OC)c2)C(c2nc(-c3ccc(OC)c(OC)c3)no2)=C1C. The van der Waals surface area contributed by atoms with Crippen LogP contribution in [0.1, 0.15) is 24.4 Å². The molecular weight excluding hydrogens is 452 g/mol. The third-order valence-corrected chi connectivity index (χ3v) is 5.84. The monoisotopic (exact) mass is 480 g/mol. The van der Waals surface area contributed by atoms with E-state index in [1.807, 2.05) is 37.3 Å². The number of carbonyl (C=O) groups is 1. The molecule has 35 heavy (non-hydrogen) atoms. The summed E-state index contributed by atoms with van der Waals surface area (Å²) in [5.41, 5.74) is 2.91. The molecule has 3 aromatic rings. The zero-order valence-corrected chi connectivity index (χ0v) is 20.3. The predicted molar refractivity (Wildman–Crippen MR) is 128 cm³/mol. The smallest absolute Gasteiger partial charge is 0.322 e. The highest BCUT2D eigenvalue weighted by Crippen LogP contribution is 2.38. The molecule has 0 fully saturated rings. The van der Waals surface area contributed by atoms with Crippen LogP contribution in [-0.4, -0.2) is 62.7 Å². The summed E-state index contributed by atoms with van der Waals surface area (Å²) in [4.78, 5) is 19.3. The summed E-state index contributed by atoms with van der Waals surface area (Å²) in [6.07, 6.45) is 0. The number of hydrogen-bond acceptors (Lipinski definition) is 8. The molecule has 1 unspecified atom stereocenters. The third kappa shape index (κ3) is 4.78. The summed E-state index contributed by atoms with van der Waals surface area (Å²) in [5, 5.41) is 7.26. The number of urea groups is 1. The van der Waals surface area contributed by atoms with Gasteiger partial charge in [-0.15, -0.1) is 0 Å². The van der Waals surface area contributed by atoms with Crippen molar-refractivity contribution in [1.29, 1.82) is 0 Å². The lowest BCUT2D eigenvalue weighted by atomic mass is 9.94. The summed E-state index contributed by atoms with van der Waals surface area (Å²) in [6, 6.07) is 12.1. The van der Waals surface area contributed by atoms with Gasteiger partial charge in [0.2, 0.25) is 5.82 Å². The first-order valence-electron chi connectivity index (χ1n) is 11.0. The van der Waals surface area contributed by atoms with Gasteiger partial charge >= 0.3 is 6.03 Å². The number of amides is 2. The minimum absolute atomic E-state index is 0.240. The van der Waals surface area contributed by atoms with Crippen molar-refractivity contribution in [3.63, 3.8) is 0 Å². The summed E-state index contributed by atoms with van der Waals surface area (Å²) in [6.45, 7) is 2.61. The minimum Gasteiger partial charge on any atom is -0.497 e. The first-order chi connectivity index (χ1) is 17.0. The average molecular weight is 481 g/mol. The largest absolute Gasteiger partial charge is 0.497 e. The van der Waals surface area contributed by atoms with Gasteiger partial charge < -0.3 is 28.8 Å². The molecule has 1 aromatic heterocycles. The van der Waals surface area contributed by atoms with Crippen LogP contribution in [0.15, 0.2) is 52.7 Å². The molecule has 2 aromatic carbocycles. The lowest BCUT2D eigenvalue weighted by Crippen LogP contribution is -2.47. The summed E-state index contributed by atoms with van der Waals surface area (Å²) in [5.74, 6) is 2.50. The van der Waals surface area contributed by atoms with E-state index in [4.69, 9.17) is 23.5 Å². The minimum atomic E-state index is -0.518. The van der Waals surface area contributed by atoms with Crippen molar-refractivity contribution in [2.75, 3.05) is 41.6 Å². The lowest BCUT2D eigenvalue weighted by Gasteiger charge is -2.35. The number of carbonyl (C=O) groups excluding carboxylic acids is 1. The zero-order valence-electron chi connectivity index (χ0n) is 20.3. The van der Waals surface area contributed by atoms with Crippen LogP contribution in [0.25, 0.3) is 17.0 Å². The fourth-order valence-electron chi connectivity index (χ4n) is 4.01. The molecule has 1 aliphatic rings. The first kappa shape index (κ1) is 24.1. The van der Waals surface area contributed by atoms with E-state index in [0.717, 1.165) is 5.56 Å². The third-order valence-electron chi connectivity index (χ3n) is 5.84. The van der Waals surface area contributed by atoms with Crippen molar-refractivity contribution >= 4 is 11.6 Å². The van der Waals surface area contributed by atoms with Crippen LogP contribution < -0.4 is 19.5 Å². The standard InChI is InChI=1S/C25H28N4O6/c1-15-21(24-27-23(28-35-24)17-9-10-19(33-4)20(14-17)34-5)22(16-7-6-8-18(13-16)32-3)26-25(30)29(15)11-12-31-2/h6-10,13-14,22H,11-12H2,1-5H3,(H,26,30).